The molecule has 1 aliphatic heterocycles. The summed E-state index contributed by atoms with van der Waals surface area (Å²) < 4.78 is 2.24. The summed E-state index contributed by atoms with van der Waals surface area (Å²) in [7, 11) is 0. The lowest BCUT2D eigenvalue weighted by atomic mass is 9.48. The zero-order chi connectivity index (χ0) is 17.9. The van der Waals surface area contributed by atoms with E-state index in [0.717, 1.165) is 31.2 Å². The van der Waals surface area contributed by atoms with Gasteiger partial charge in [-0.15, -0.1) is 0 Å². The molecular formula is C22H29N3O. The number of nitrogens with one attached hydrogen (secondary N) is 1. The molecule has 26 heavy (non-hydrogen) atoms. The number of nitrogens with zero attached hydrogens (tertiary/aromatic N) is 2. The number of hydrogen-bond donors (Lipinski definition) is 1. The molecule has 4 aliphatic rings. The van der Waals surface area contributed by atoms with Crippen LogP contribution in [0.1, 0.15) is 52.4 Å². The molecule has 5 unspecified atom stereocenters. The van der Waals surface area contributed by atoms with Gasteiger partial charge >= 0.3 is 0 Å². The summed E-state index contributed by atoms with van der Waals surface area (Å²) in [4.78, 5) is 16.3. The Balaban J connectivity index is 1.48. The highest BCUT2D eigenvalue weighted by Gasteiger charge is 2.57. The lowest BCUT2D eigenvalue weighted by Crippen LogP contribution is -2.49. The monoisotopic (exact) mass is 351 g/mol. The largest absolute Gasteiger partial charge is 0.353 e. The van der Waals surface area contributed by atoms with Crippen LogP contribution in [0.4, 0.5) is 0 Å². The predicted molar refractivity (Wildman–Crippen MR) is 102 cm³/mol. The molecule has 3 aliphatic carbocycles. The SMILES string of the molecule is CC12CCNC(=O)C=C1CCC1C2CCC2(C)C(n3ccnc3)=CCC12. The number of hydrogen-bond acceptors (Lipinski definition) is 2. The van der Waals surface area contributed by atoms with Gasteiger partial charge in [-0.1, -0.05) is 25.5 Å². The summed E-state index contributed by atoms with van der Waals surface area (Å²) in [5.74, 6) is 2.32. The van der Waals surface area contributed by atoms with E-state index in [2.05, 4.69) is 41.0 Å². The van der Waals surface area contributed by atoms with Crippen LogP contribution in [0.5, 0.6) is 0 Å². The van der Waals surface area contributed by atoms with Crippen molar-refractivity contribution < 1.29 is 4.79 Å². The first-order chi connectivity index (χ1) is 12.5. The van der Waals surface area contributed by atoms with Crippen molar-refractivity contribution in [2.45, 2.75) is 52.4 Å². The third-order valence-electron chi connectivity index (χ3n) is 8.31. The molecule has 4 heteroatoms. The molecule has 2 saturated carbocycles. The second-order valence-electron chi connectivity index (χ2n) is 9.29. The number of amides is 1. The molecule has 5 rings (SSSR count). The molecular weight excluding hydrogens is 322 g/mol. The Morgan fingerprint density at radius 3 is 2.88 bits per heavy atom. The van der Waals surface area contributed by atoms with Gasteiger partial charge in [0.2, 0.25) is 5.91 Å². The average Bonchev–Trinajstić information content (AvgIpc) is 3.20. The fourth-order valence-electron chi connectivity index (χ4n) is 6.91. The Morgan fingerprint density at radius 1 is 1.19 bits per heavy atom. The standard InChI is InChI=1S/C22H29N3O/c1-21-9-10-24-20(26)13-15(21)3-4-16-17-5-6-19(25-12-11-23-14-25)22(17,2)8-7-18(16)21/h6,11-14,16-18H,3-5,7-10H2,1-2H3,(H,24,26). The van der Waals surface area contributed by atoms with E-state index in [9.17, 15) is 4.79 Å². The van der Waals surface area contributed by atoms with Crippen LogP contribution in [0.25, 0.3) is 5.70 Å². The van der Waals surface area contributed by atoms with E-state index in [-0.39, 0.29) is 16.7 Å². The molecule has 0 bridgehead atoms. The Kier molecular flexibility index (Phi) is 3.51. The van der Waals surface area contributed by atoms with E-state index in [1.807, 2.05) is 18.6 Å². The van der Waals surface area contributed by atoms with Gasteiger partial charge in [-0.2, -0.15) is 0 Å². The topological polar surface area (TPSA) is 46.9 Å². The fourth-order valence-corrected chi connectivity index (χ4v) is 6.91. The predicted octanol–water partition coefficient (Wildman–Crippen LogP) is 4.02. The van der Waals surface area contributed by atoms with Crippen molar-refractivity contribution in [1.82, 2.24) is 14.9 Å². The summed E-state index contributed by atoms with van der Waals surface area (Å²) in [5, 5.41) is 3.07. The van der Waals surface area contributed by atoms with Gasteiger partial charge in [-0.25, -0.2) is 4.98 Å². The first kappa shape index (κ1) is 16.3. The maximum absolute atomic E-state index is 12.0. The minimum absolute atomic E-state index is 0.118. The molecule has 138 valence electrons. The number of fused-ring (bicyclic) bond motifs is 5. The highest BCUT2D eigenvalue weighted by molar-refractivity contribution is 5.88. The van der Waals surface area contributed by atoms with Crippen molar-refractivity contribution in [3.05, 3.63) is 36.4 Å². The molecule has 0 radical (unpaired) electrons. The molecule has 1 aromatic heterocycles. The zero-order valence-electron chi connectivity index (χ0n) is 15.9. The van der Waals surface area contributed by atoms with Crippen molar-refractivity contribution in [2.24, 2.45) is 28.6 Å². The molecule has 2 heterocycles. The van der Waals surface area contributed by atoms with Crippen LogP contribution in [-0.4, -0.2) is 22.0 Å². The Hall–Kier alpha value is -1.84. The van der Waals surface area contributed by atoms with E-state index >= 15 is 0 Å². The quantitative estimate of drug-likeness (QED) is 0.830. The maximum Gasteiger partial charge on any atom is 0.243 e. The molecule has 0 saturated heterocycles. The third-order valence-corrected chi connectivity index (χ3v) is 8.31. The van der Waals surface area contributed by atoms with Crippen LogP contribution in [0.3, 0.4) is 0 Å². The normalized spacial score (nSPS) is 41.9. The molecule has 4 nitrogen and oxygen atoms in total. The molecule has 0 aromatic carbocycles. The van der Waals surface area contributed by atoms with Crippen LogP contribution < -0.4 is 5.32 Å². The summed E-state index contributed by atoms with van der Waals surface area (Å²) in [6.07, 6.45) is 17.5. The summed E-state index contributed by atoms with van der Waals surface area (Å²) in [6, 6.07) is 0. The van der Waals surface area contributed by atoms with E-state index in [1.165, 1.54) is 37.0 Å². The van der Waals surface area contributed by atoms with Crippen molar-refractivity contribution in [3.63, 3.8) is 0 Å². The van der Waals surface area contributed by atoms with Crippen LogP contribution in [0.15, 0.2) is 36.4 Å². The van der Waals surface area contributed by atoms with Gasteiger partial charge in [0.25, 0.3) is 0 Å². The van der Waals surface area contributed by atoms with Gasteiger partial charge in [-0.3, -0.25) is 4.79 Å². The highest BCUT2D eigenvalue weighted by Crippen LogP contribution is 2.65. The Bertz CT molecular complexity index is 792. The molecule has 0 spiro atoms. The van der Waals surface area contributed by atoms with Crippen molar-refractivity contribution in [1.29, 1.82) is 0 Å². The van der Waals surface area contributed by atoms with Gasteiger partial charge in [0.1, 0.15) is 0 Å². The van der Waals surface area contributed by atoms with Gasteiger partial charge < -0.3 is 9.88 Å². The average molecular weight is 351 g/mol. The van der Waals surface area contributed by atoms with E-state index in [4.69, 9.17) is 0 Å². The van der Waals surface area contributed by atoms with Crippen LogP contribution in [0, 0.1) is 28.6 Å². The second kappa shape index (κ2) is 5.58. The fraction of sp³-hybridized carbons (Fsp3) is 0.636. The third kappa shape index (κ3) is 2.14. The van der Waals surface area contributed by atoms with E-state index < -0.39 is 0 Å². The van der Waals surface area contributed by atoms with Crippen molar-refractivity contribution in [3.8, 4) is 0 Å². The van der Waals surface area contributed by atoms with Crippen LogP contribution in [-0.2, 0) is 4.79 Å². The zero-order valence-corrected chi connectivity index (χ0v) is 15.9. The summed E-state index contributed by atoms with van der Waals surface area (Å²) in [5.41, 5.74) is 3.33. The molecule has 5 atom stereocenters. The number of allylic oxidation sites excluding steroid dienone is 3. The molecule has 1 amide bonds. The Labute approximate surface area is 155 Å². The number of imidazole rings is 1. The lowest BCUT2D eigenvalue weighted by Gasteiger charge is -2.56. The second-order valence-corrected chi connectivity index (χ2v) is 9.29. The molecule has 1 aromatic rings. The van der Waals surface area contributed by atoms with E-state index in [0.29, 0.717) is 5.92 Å². The van der Waals surface area contributed by atoms with Crippen LogP contribution in [0.2, 0.25) is 0 Å². The molecule has 2 fully saturated rings. The first-order valence-electron chi connectivity index (χ1n) is 10.2. The van der Waals surface area contributed by atoms with Crippen molar-refractivity contribution >= 4 is 11.6 Å². The van der Waals surface area contributed by atoms with Gasteiger partial charge in [0, 0.05) is 36.1 Å². The number of carbonyl (C=O) groups is 1. The first-order valence-corrected chi connectivity index (χ1v) is 10.2. The lowest BCUT2D eigenvalue weighted by molar-refractivity contribution is -0.116. The van der Waals surface area contributed by atoms with Crippen LogP contribution >= 0.6 is 0 Å². The van der Waals surface area contributed by atoms with Gasteiger partial charge in [0.15, 0.2) is 0 Å². The minimum atomic E-state index is 0.118. The summed E-state index contributed by atoms with van der Waals surface area (Å²) >= 11 is 0. The van der Waals surface area contributed by atoms with Crippen molar-refractivity contribution in [2.75, 3.05) is 6.54 Å². The van der Waals surface area contributed by atoms with E-state index in [1.54, 1.807) is 0 Å². The van der Waals surface area contributed by atoms with Gasteiger partial charge in [0.05, 0.1) is 6.33 Å². The smallest absolute Gasteiger partial charge is 0.243 e. The molecule has 1 N–H and O–H groups in total. The summed E-state index contributed by atoms with van der Waals surface area (Å²) in [6.45, 7) is 5.75. The van der Waals surface area contributed by atoms with Gasteiger partial charge in [-0.05, 0) is 61.7 Å². The maximum atomic E-state index is 12.0. The number of aromatic nitrogens is 2. The minimum Gasteiger partial charge on any atom is -0.353 e. The number of carbonyl (C=O) groups excluding carboxylic acids is 1. The highest BCUT2D eigenvalue weighted by atomic mass is 16.1. The Morgan fingerprint density at radius 2 is 2.08 bits per heavy atom. The number of rotatable bonds is 1.